The highest BCUT2D eigenvalue weighted by molar-refractivity contribution is 7.98. The molecule has 6 rings (SSSR count). The van der Waals surface area contributed by atoms with Gasteiger partial charge in [-0.1, -0.05) is 70.2 Å². The van der Waals surface area contributed by atoms with Crippen molar-refractivity contribution in [3.63, 3.8) is 0 Å². The Morgan fingerprint density at radius 3 is 2.11 bits per heavy atom. The van der Waals surface area contributed by atoms with Crippen molar-refractivity contribution in [3.05, 3.63) is 83.9 Å². The van der Waals surface area contributed by atoms with E-state index in [2.05, 4.69) is 76.4 Å². The molecular weight excluding hydrogens is 460 g/mol. The van der Waals surface area contributed by atoms with E-state index in [1.807, 2.05) is 30.3 Å². The SMILES string of the molecule is CSc1cc2c(O)cc3c(c2cc1Oc1ccccc1)-c1ccccc1C31CC(C)(C)CC(C)(C)C1. The van der Waals surface area contributed by atoms with E-state index in [0.29, 0.717) is 5.75 Å². The fraction of sp³-hybridized carbons (Fsp3) is 0.333. The zero-order valence-electron chi connectivity index (χ0n) is 21.8. The van der Waals surface area contributed by atoms with Gasteiger partial charge in [0.15, 0.2) is 0 Å². The highest BCUT2D eigenvalue weighted by Gasteiger charge is 2.53. The van der Waals surface area contributed by atoms with E-state index in [1.165, 1.54) is 28.7 Å². The molecule has 0 bridgehead atoms. The van der Waals surface area contributed by atoms with Crippen LogP contribution < -0.4 is 4.74 Å². The van der Waals surface area contributed by atoms with E-state index in [-0.39, 0.29) is 16.2 Å². The fourth-order valence-electron chi connectivity index (χ4n) is 7.69. The maximum absolute atomic E-state index is 11.4. The first-order valence-corrected chi connectivity index (χ1v) is 14.1. The number of ether oxygens (including phenoxy) is 1. The topological polar surface area (TPSA) is 29.5 Å². The van der Waals surface area contributed by atoms with Gasteiger partial charge in [0.2, 0.25) is 0 Å². The van der Waals surface area contributed by atoms with Crippen molar-refractivity contribution in [2.24, 2.45) is 10.8 Å². The molecular formula is C33H34O2S. The van der Waals surface area contributed by atoms with E-state index in [1.54, 1.807) is 11.8 Å². The Bertz CT molecular complexity index is 1470. The molecule has 3 heteroatoms. The van der Waals surface area contributed by atoms with E-state index in [0.717, 1.165) is 40.0 Å². The lowest BCUT2D eigenvalue weighted by molar-refractivity contribution is 0.0645. The molecule has 4 aromatic carbocycles. The monoisotopic (exact) mass is 494 g/mol. The summed E-state index contributed by atoms with van der Waals surface area (Å²) in [6.45, 7) is 9.64. The second-order valence-corrected chi connectivity index (χ2v) is 13.1. The smallest absolute Gasteiger partial charge is 0.141 e. The van der Waals surface area contributed by atoms with Crippen LogP contribution in [0.3, 0.4) is 0 Å². The summed E-state index contributed by atoms with van der Waals surface area (Å²) in [6.07, 6.45) is 5.41. The summed E-state index contributed by atoms with van der Waals surface area (Å²) >= 11 is 1.64. The van der Waals surface area contributed by atoms with Crippen molar-refractivity contribution in [2.45, 2.75) is 57.3 Å². The molecule has 0 saturated heterocycles. The molecule has 0 aromatic heterocycles. The number of hydrogen-bond acceptors (Lipinski definition) is 3. The summed E-state index contributed by atoms with van der Waals surface area (Å²) in [5.41, 5.74) is 5.54. The lowest BCUT2D eigenvalue weighted by Crippen LogP contribution is -2.43. The highest BCUT2D eigenvalue weighted by atomic mass is 32.2. The van der Waals surface area contributed by atoms with Crippen molar-refractivity contribution < 1.29 is 9.84 Å². The third kappa shape index (κ3) is 3.63. The van der Waals surface area contributed by atoms with Gasteiger partial charge in [-0.25, -0.2) is 0 Å². The van der Waals surface area contributed by atoms with Crippen LogP contribution in [0.25, 0.3) is 21.9 Å². The normalized spacial score (nSPS) is 18.7. The molecule has 1 saturated carbocycles. The number of fused-ring (bicyclic) bond motifs is 7. The molecule has 1 spiro atoms. The summed E-state index contributed by atoms with van der Waals surface area (Å²) in [6, 6.07) is 25.2. The van der Waals surface area contributed by atoms with Crippen LogP contribution >= 0.6 is 11.8 Å². The van der Waals surface area contributed by atoms with E-state index < -0.39 is 0 Å². The molecule has 0 amide bonds. The number of aromatic hydroxyl groups is 1. The van der Waals surface area contributed by atoms with Gasteiger partial charge >= 0.3 is 0 Å². The second-order valence-electron chi connectivity index (χ2n) is 12.3. The molecule has 2 nitrogen and oxygen atoms in total. The minimum atomic E-state index is -0.110. The second kappa shape index (κ2) is 8.05. The summed E-state index contributed by atoms with van der Waals surface area (Å²) in [5, 5.41) is 13.4. The van der Waals surface area contributed by atoms with Crippen molar-refractivity contribution >= 4 is 22.5 Å². The average Bonchev–Trinajstić information content (AvgIpc) is 3.06. The van der Waals surface area contributed by atoms with E-state index >= 15 is 0 Å². The molecule has 0 radical (unpaired) electrons. The zero-order chi connectivity index (χ0) is 25.3. The number of thioether (sulfide) groups is 1. The lowest BCUT2D eigenvalue weighted by atomic mass is 9.52. The first kappa shape index (κ1) is 23.5. The van der Waals surface area contributed by atoms with Crippen molar-refractivity contribution in [1.29, 1.82) is 0 Å². The standard InChI is InChI=1S/C33H34O2S/c1-31(2)18-32(3,4)20-33(19-31)25-14-10-9-13-22(25)30-24-15-28(35-21-11-7-6-8-12-21)29(36-5)16-23(24)27(34)17-26(30)33/h6-17,34H,18-20H2,1-5H3. The van der Waals surface area contributed by atoms with Gasteiger partial charge in [-0.05, 0) is 94.3 Å². The van der Waals surface area contributed by atoms with Crippen molar-refractivity contribution in [3.8, 4) is 28.4 Å². The van der Waals surface area contributed by atoms with E-state index in [4.69, 9.17) is 4.74 Å². The number of phenolic OH excluding ortho intramolecular Hbond substituents is 1. The molecule has 0 aliphatic heterocycles. The highest BCUT2D eigenvalue weighted by Crippen LogP contribution is 2.65. The molecule has 184 valence electrons. The first-order valence-electron chi connectivity index (χ1n) is 12.8. The van der Waals surface area contributed by atoms with E-state index in [9.17, 15) is 5.11 Å². The Labute approximate surface area is 218 Å². The van der Waals surface area contributed by atoms with Gasteiger partial charge in [0, 0.05) is 10.8 Å². The average molecular weight is 495 g/mol. The zero-order valence-corrected chi connectivity index (χ0v) is 22.6. The Balaban J connectivity index is 1.65. The molecule has 2 aliphatic carbocycles. The summed E-state index contributed by atoms with van der Waals surface area (Å²) < 4.78 is 6.40. The van der Waals surface area contributed by atoms with Gasteiger partial charge in [-0.2, -0.15) is 0 Å². The van der Waals surface area contributed by atoms with Gasteiger partial charge in [0.25, 0.3) is 0 Å². The van der Waals surface area contributed by atoms with Crippen LogP contribution in [0.1, 0.15) is 58.1 Å². The van der Waals surface area contributed by atoms with Gasteiger partial charge in [-0.15, -0.1) is 11.8 Å². The number of phenols is 1. The molecule has 36 heavy (non-hydrogen) atoms. The Kier molecular flexibility index (Phi) is 5.25. The van der Waals surface area contributed by atoms with Crippen LogP contribution in [0.5, 0.6) is 17.2 Å². The first-order chi connectivity index (χ1) is 17.1. The third-order valence-electron chi connectivity index (χ3n) is 8.12. The van der Waals surface area contributed by atoms with Gasteiger partial charge in [0.1, 0.15) is 17.2 Å². The number of benzene rings is 4. The number of para-hydroxylation sites is 1. The Morgan fingerprint density at radius 1 is 0.750 bits per heavy atom. The fourth-order valence-corrected chi connectivity index (χ4v) is 8.23. The van der Waals surface area contributed by atoms with Gasteiger partial charge < -0.3 is 9.84 Å². The lowest BCUT2D eigenvalue weighted by Gasteiger charge is -2.51. The summed E-state index contributed by atoms with van der Waals surface area (Å²) in [4.78, 5) is 1.02. The predicted molar refractivity (Wildman–Crippen MR) is 152 cm³/mol. The van der Waals surface area contributed by atoms with Crippen LogP contribution in [0.4, 0.5) is 0 Å². The Morgan fingerprint density at radius 2 is 1.42 bits per heavy atom. The number of hydrogen-bond donors (Lipinski definition) is 1. The molecule has 0 atom stereocenters. The van der Waals surface area contributed by atoms with Gasteiger partial charge in [-0.3, -0.25) is 0 Å². The molecule has 0 heterocycles. The van der Waals surface area contributed by atoms with Crippen LogP contribution in [0.2, 0.25) is 0 Å². The maximum Gasteiger partial charge on any atom is 0.141 e. The quantitative estimate of drug-likeness (QED) is 0.288. The van der Waals surface area contributed by atoms with Crippen LogP contribution in [0.15, 0.2) is 77.7 Å². The maximum atomic E-state index is 11.4. The number of rotatable bonds is 3. The van der Waals surface area contributed by atoms with Crippen molar-refractivity contribution in [1.82, 2.24) is 0 Å². The molecule has 1 fully saturated rings. The molecule has 1 N–H and O–H groups in total. The third-order valence-corrected chi connectivity index (χ3v) is 8.87. The largest absolute Gasteiger partial charge is 0.507 e. The van der Waals surface area contributed by atoms with Crippen LogP contribution in [-0.4, -0.2) is 11.4 Å². The molecule has 2 aliphatic rings. The van der Waals surface area contributed by atoms with Crippen LogP contribution in [0, 0.1) is 10.8 Å². The summed E-state index contributed by atoms with van der Waals surface area (Å²) in [7, 11) is 0. The Hall–Kier alpha value is -2.91. The predicted octanol–water partition coefficient (Wildman–Crippen LogP) is 9.56. The summed E-state index contributed by atoms with van der Waals surface area (Å²) in [5.74, 6) is 2.01. The molecule has 4 aromatic rings. The van der Waals surface area contributed by atoms with Gasteiger partial charge in [0.05, 0.1) is 4.90 Å². The molecule has 0 unspecified atom stereocenters. The van der Waals surface area contributed by atoms with Crippen molar-refractivity contribution in [2.75, 3.05) is 6.26 Å². The van der Waals surface area contributed by atoms with Crippen LogP contribution in [-0.2, 0) is 5.41 Å². The minimum absolute atomic E-state index is 0.110. The minimum Gasteiger partial charge on any atom is -0.507 e.